The van der Waals surface area contributed by atoms with Crippen molar-refractivity contribution in [2.24, 2.45) is 5.10 Å². The summed E-state index contributed by atoms with van der Waals surface area (Å²) in [6, 6.07) is 24.3. The van der Waals surface area contributed by atoms with Crippen molar-refractivity contribution in [1.82, 2.24) is 15.4 Å². The first kappa shape index (κ1) is 21.2. The van der Waals surface area contributed by atoms with Gasteiger partial charge >= 0.3 is 0 Å². The zero-order valence-electron chi connectivity index (χ0n) is 18.8. The first-order valence-corrected chi connectivity index (χ1v) is 10.8. The van der Waals surface area contributed by atoms with E-state index in [1.54, 1.807) is 36.5 Å². The molecule has 0 atom stereocenters. The Labute approximate surface area is 196 Å². The number of aromatic nitrogens is 2. The molecule has 0 aliphatic rings. The number of aromatic amines is 1. The van der Waals surface area contributed by atoms with Crippen LogP contribution in [-0.2, 0) is 0 Å². The first-order chi connectivity index (χ1) is 16.5. The monoisotopic (exact) mass is 449 g/mol. The van der Waals surface area contributed by atoms with Gasteiger partial charge in [0.05, 0.1) is 17.4 Å². The Morgan fingerprint density at radius 2 is 1.74 bits per heavy atom. The van der Waals surface area contributed by atoms with Crippen LogP contribution in [0.2, 0.25) is 0 Å². The van der Waals surface area contributed by atoms with Crippen LogP contribution in [0.15, 0.2) is 84.0 Å². The Balaban J connectivity index is 1.50. The van der Waals surface area contributed by atoms with Crippen molar-refractivity contribution < 1.29 is 9.90 Å². The van der Waals surface area contributed by atoms with E-state index in [1.807, 2.05) is 67.5 Å². The molecule has 3 N–H and O–H groups in total. The standard InChI is InChI=1S/C27H23N5O2/c1-32(2)19-11-7-17(8-12-19)16-28-31-27(34)24-15-22-21-5-3-4-6-23(21)29-26(22)25(30-24)18-9-13-20(33)14-10-18/h3-16,29,33H,1-2H3,(H,31,34)/b28-16+. The van der Waals surface area contributed by atoms with Gasteiger partial charge in [0.1, 0.15) is 11.4 Å². The van der Waals surface area contributed by atoms with Crippen LogP contribution in [0.25, 0.3) is 33.1 Å². The molecule has 0 radical (unpaired) electrons. The number of fused-ring (bicyclic) bond motifs is 3. The molecule has 3 aromatic carbocycles. The molecule has 0 saturated carbocycles. The van der Waals surface area contributed by atoms with Crippen molar-refractivity contribution in [3.63, 3.8) is 0 Å². The van der Waals surface area contributed by atoms with Crippen molar-refractivity contribution in [2.45, 2.75) is 0 Å². The molecule has 1 amide bonds. The summed E-state index contributed by atoms with van der Waals surface area (Å²) in [4.78, 5) is 23.0. The number of pyridine rings is 1. The van der Waals surface area contributed by atoms with E-state index >= 15 is 0 Å². The maximum Gasteiger partial charge on any atom is 0.289 e. The number of hydrogen-bond acceptors (Lipinski definition) is 5. The van der Waals surface area contributed by atoms with E-state index in [0.29, 0.717) is 5.69 Å². The van der Waals surface area contributed by atoms with E-state index in [1.165, 1.54) is 0 Å². The molecule has 7 heteroatoms. The number of rotatable bonds is 5. The predicted molar refractivity (Wildman–Crippen MR) is 137 cm³/mol. The summed E-state index contributed by atoms with van der Waals surface area (Å²) in [6.07, 6.45) is 1.60. The zero-order chi connectivity index (χ0) is 23.7. The maximum absolute atomic E-state index is 13.0. The number of phenols is 1. The van der Waals surface area contributed by atoms with Crippen molar-refractivity contribution in [3.05, 3.63) is 90.1 Å². The fourth-order valence-corrected chi connectivity index (χ4v) is 3.87. The molecular formula is C27H23N5O2. The lowest BCUT2D eigenvalue weighted by Crippen LogP contribution is -2.19. The zero-order valence-corrected chi connectivity index (χ0v) is 18.8. The van der Waals surface area contributed by atoms with Crippen LogP contribution < -0.4 is 10.3 Å². The number of carbonyl (C=O) groups excluding carboxylic acids is 1. The van der Waals surface area contributed by atoms with Gasteiger partial charge in [0, 0.05) is 41.6 Å². The van der Waals surface area contributed by atoms with Gasteiger partial charge in [-0.25, -0.2) is 10.4 Å². The lowest BCUT2D eigenvalue weighted by atomic mass is 10.1. The van der Waals surface area contributed by atoms with Crippen molar-refractivity contribution in [3.8, 4) is 17.0 Å². The van der Waals surface area contributed by atoms with Gasteiger partial charge in [0.25, 0.3) is 5.91 Å². The summed E-state index contributed by atoms with van der Waals surface area (Å²) in [5, 5.41) is 15.7. The van der Waals surface area contributed by atoms with Crippen molar-refractivity contribution in [1.29, 1.82) is 0 Å². The normalized spacial score (nSPS) is 11.4. The minimum Gasteiger partial charge on any atom is -0.508 e. The minimum absolute atomic E-state index is 0.165. The third-order valence-corrected chi connectivity index (χ3v) is 5.66. The number of hydrazone groups is 1. The van der Waals surface area contributed by atoms with Crippen LogP contribution in [0.5, 0.6) is 5.75 Å². The number of para-hydroxylation sites is 1. The summed E-state index contributed by atoms with van der Waals surface area (Å²) in [6.45, 7) is 0. The molecule has 0 aliphatic heterocycles. The van der Waals surface area contributed by atoms with Crippen molar-refractivity contribution in [2.75, 3.05) is 19.0 Å². The Hall–Kier alpha value is -4.65. The highest BCUT2D eigenvalue weighted by Crippen LogP contribution is 2.33. The summed E-state index contributed by atoms with van der Waals surface area (Å²) >= 11 is 0. The van der Waals surface area contributed by atoms with Crippen molar-refractivity contribution >= 4 is 39.6 Å². The molecule has 7 nitrogen and oxygen atoms in total. The third kappa shape index (κ3) is 4.06. The third-order valence-electron chi connectivity index (χ3n) is 5.66. The van der Waals surface area contributed by atoms with E-state index in [4.69, 9.17) is 0 Å². The number of hydrogen-bond donors (Lipinski definition) is 3. The summed E-state index contributed by atoms with van der Waals surface area (Å²) in [5.41, 5.74) is 7.98. The SMILES string of the molecule is CN(C)c1ccc(/C=N/NC(=O)c2cc3c([nH]c4ccccc43)c(-c3ccc(O)cc3)n2)cc1. The fourth-order valence-electron chi connectivity index (χ4n) is 3.87. The topological polar surface area (TPSA) is 93.6 Å². The molecule has 0 bridgehead atoms. The number of H-pyrrole nitrogens is 1. The number of benzene rings is 3. The number of nitrogens with one attached hydrogen (secondary N) is 2. The Morgan fingerprint density at radius 1 is 1.00 bits per heavy atom. The van der Waals surface area contributed by atoms with E-state index in [9.17, 15) is 9.90 Å². The highest BCUT2D eigenvalue weighted by atomic mass is 16.3. The van der Waals surface area contributed by atoms with Crippen LogP contribution >= 0.6 is 0 Å². The predicted octanol–water partition coefficient (Wildman–Crippen LogP) is 4.92. The fraction of sp³-hybridized carbons (Fsp3) is 0.0741. The molecule has 0 unspecified atom stereocenters. The molecule has 0 aliphatic carbocycles. The number of phenolic OH excluding ortho intramolecular Hbond substituents is 1. The Kier molecular flexibility index (Phi) is 5.43. The van der Waals surface area contributed by atoms with E-state index in [0.717, 1.165) is 38.6 Å². The second kappa shape index (κ2) is 8.71. The van der Waals surface area contributed by atoms with Crippen LogP contribution in [0.4, 0.5) is 5.69 Å². The van der Waals surface area contributed by atoms with Gasteiger partial charge < -0.3 is 15.0 Å². The van der Waals surface area contributed by atoms with Gasteiger partial charge in [-0.15, -0.1) is 0 Å². The van der Waals surface area contributed by atoms with Gasteiger partial charge in [-0.3, -0.25) is 4.79 Å². The lowest BCUT2D eigenvalue weighted by molar-refractivity contribution is 0.0950. The minimum atomic E-state index is -0.409. The van der Waals surface area contributed by atoms with Gasteiger partial charge in [0.2, 0.25) is 0 Å². The number of amides is 1. The molecule has 168 valence electrons. The number of aromatic hydroxyl groups is 1. The lowest BCUT2D eigenvalue weighted by Gasteiger charge is -2.11. The largest absolute Gasteiger partial charge is 0.508 e. The van der Waals surface area contributed by atoms with Crippen LogP contribution in [0.3, 0.4) is 0 Å². The summed E-state index contributed by atoms with van der Waals surface area (Å²) in [5.74, 6) is -0.244. The summed E-state index contributed by atoms with van der Waals surface area (Å²) in [7, 11) is 3.96. The van der Waals surface area contributed by atoms with Crippen LogP contribution in [0, 0.1) is 0 Å². The van der Waals surface area contributed by atoms with E-state index in [-0.39, 0.29) is 11.4 Å². The smallest absolute Gasteiger partial charge is 0.289 e. The average molecular weight is 450 g/mol. The highest BCUT2D eigenvalue weighted by Gasteiger charge is 2.17. The second-order valence-corrected chi connectivity index (χ2v) is 8.18. The maximum atomic E-state index is 13.0. The Morgan fingerprint density at radius 3 is 2.47 bits per heavy atom. The molecule has 5 rings (SSSR count). The first-order valence-electron chi connectivity index (χ1n) is 10.8. The van der Waals surface area contributed by atoms with Crippen LogP contribution in [0.1, 0.15) is 16.1 Å². The Bertz CT molecular complexity index is 1520. The van der Waals surface area contributed by atoms with Gasteiger partial charge in [-0.2, -0.15) is 5.10 Å². The average Bonchev–Trinajstić information content (AvgIpc) is 3.23. The molecule has 0 spiro atoms. The quantitative estimate of drug-likeness (QED) is 0.262. The second-order valence-electron chi connectivity index (χ2n) is 8.18. The van der Waals surface area contributed by atoms with Gasteiger partial charge in [0.15, 0.2) is 0 Å². The number of anilines is 1. The molecule has 2 heterocycles. The number of nitrogens with zero attached hydrogens (tertiary/aromatic N) is 3. The van der Waals surface area contributed by atoms with E-state index < -0.39 is 5.91 Å². The molecule has 34 heavy (non-hydrogen) atoms. The molecule has 5 aromatic rings. The van der Waals surface area contributed by atoms with E-state index in [2.05, 4.69) is 20.5 Å². The highest BCUT2D eigenvalue weighted by molar-refractivity contribution is 6.13. The number of carbonyl (C=O) groups is 1. The van der Waals surface area contributed by atoms with Gasteiger partial charge in [-0.1, -0.05) is 30.3 Å². The molecule has 0 saturated heterocycles. The molecular weight excluding hydrogens is 426 g/mol. The molecule has 0 fully saturated rings. The van der Waals surface area contributed by atoms with Crippen LogP contribution in [-0.4, -0.2) is 41.3 Å². The van der Waals surface area contributed by atoms with Gasteiger partial charge in [-0.05, 0) is 54.1 Å². The summed E-state index contributed by atoms with van der Waals surface area (Å²) < 4.78 is 0. The molecule has 2 aromatic heterocycles.